The highest BCUT2D eigenvalue weighted by Gasteiger charge is 2.47. The first-order valence-corrected chi connectivity index (χ1v) is 13.0. The van der Waals surface area contributed by atoms with Crippen LogP contribution in [0.4, 0.5) is 4.79 Å². The number of benzene rings is 2. The molecule has 0 heterocycles. The molecule has 1 amide bonds. The van der Waals surface area contributed by atoms with Gasteiger partial charge in [-0.1, -0.05) is 74.5 Å². The Morgan fingerprint density at radius 1 is 0.941 bits per heavy atom. The normalized spacial score (nSPS) is 14.2. The number of hydrogen-bond donors (Lipinski definition) is 2. The molecule has 0 saturated carbocycles. The van der Waals surface area contributed by atoms with Crippen LogP contribution in [0.3, 0.4) is 0 Å². The van der Waals surface area contributed by atoms with Crippen molar-refractivity contribution in [3.63, 3.8) is 0 Å². The van der Waals surface area contributed by atoms with Crippen LogP contribution in [-0.2, 0) is 23.0 Å². The molecule has 8 heteroatoms. The van der Waals surface area contributed by atoms with Gasteiger partial charge in [-0.2, -0.15) is 4.31 Å². The first kappa shape index (κ1) is 27.8. The maximum Gasteiger partial charge on any atom is 0.407 e. The van der Waals surface area contributed by atoms with Crippen LogP contribution in [0.1, 0.15) is 52.2 Å². The van der Waals surface area contributed by atoms with Gasteiger partial charge in [0.1, 0.15) is 5.72 Å². The minimum Gasteiger partial charge on any atom is -0.465 e. The van der Waals surface area contributed by atoms with Gasteiger partial charge < -0.3 is 15.1 Å². The number of amides is 1. The second kappa shape index (κ2) is 11.3. The molecule has 1 atom stereocenters. The van der Waals surface area contributed by atoms with E-state index in [2.05, 4.69) is 0 Å². The number of hydrogen-bond acceptors (Lipinski definition) is 4. The Morgan fingerprint density at radius 2 is 1.44 bits per heavy atom. The maximum absolute atomic E-state index is 13.6. The lowest BCUT2D eigenvalue weighted by Gasteiger charge is -2.43. The Morgan fingerprint density at radius 3 is 1.88 bits per heavy atom. The minimum atomic E-state index is -3.92. The van der Waals surface area contributed by atoms with Crippen LogP contribution in [0.25, 0.3) is 0 Å². The summed E-state index contributed by atoms with van der Waals surface area (Å²) < 4.78 is 27.3. The molecule has 2 N–H and O–H groups in total. The summed E-state index contributed by atoms with van der Waals surface area (Å²) in [6.07, 6.45) is -1.14. The third kappa shape index (κ3) is 7.29. The Kier molecular flexibility index (Phi) is 9.28. The molecular weight excluding hydrogens is 452 g/mol. The van der Waals surface area contributed by atoms with E-state index in [4.69, 9.17) is 0 Å². The fraction of sp³-hybridized carbons (Fsp3) is 0.500. The maximum atomic E-state index is 13.6. The summed E-state index contributed by atoms with van der Waals surface area (Å²) in [6, 6.07) is 18.4. The van der Waals surface area contributed by atoms with E-state index in [1.807, 2.05) is 74.5 Å². The van der Waals surface area contributed by atoms with Crippen LogP contribution in [0.15, 0.2) is 60.7 Å². The third-order valence-corrected chi connectivity index (χ3v) is 8.28. The predicted octanol–water partition coefficient (Wildman–Crippen LogP) is 4.57. The quantitative estimate of drug-likeness (QED) is 0.450. The average Bonchev–Trinajstić information content (AvgIpc) is 2.75. The monoisotopic (exact) mass is 490 g/mol. The molecule has 34 heavy (non-hydrogen) atoms. The molecule has 1 unspecified atom stereocenters. The van der Waals surface area contributed by atoms with Gasteiger partial charge >= 0.3 is 6.09 Å². The van der Waals surface area contributed by atoms with Crippen LogP contribution >= 0.6 is 0 Å². The number of aliphatic hydroxyl groups is 1. The zero-order valence-corrected chi connectivity index (χ0v) is 21.6. The van der Waals surface area contributed by atoms with Crippen molar-refractivity contribution in [1.29, 1.82) is 0 Å². The van der Waals surface area contributed by atoms with Crippen LogP contribution in [-0.4, -0.2) is 57.5 Å². The van der Waals surface area contributed by atoms with Crippen LogP contribution in [0.5, 0.6) is 0 Å². The van der Waals surface area contributed by atoms with Crippen molar-refractivity contribution in [2.45, 2.75) is 64.5 Å². The van der Waals surface area contributed by atoms with Crippen LogP contribution < -0.4 is 0 Å². The number of carboxylic acid groups (broad SMARTS) is 1. The third-order valence-electron chi connectivity index (χ3n) is 5.66. The lowest BCUT2D eigenvalue weighted by atomic mass is 9.98. The van der Waals surface area contributed by atoms with Gasteiger partial charge in [-0.25, -0.2) is 13.2 Å². The van der Waals surface area contributed by atoms with Gasteiger partial charge in [0.2, 0.25) is 10.0 Å². The zero-order chi connectivity index (χ0) is 25.6. The molecular formula is C26H38N2O5S. The molecule has 0 aromatic heterocycles. The van der Waals surface area contributed by atoms with Gasteiger partial charge in [0.05, 0.1) is 4.75 Å². The molecule has 2 aromatic rings. The summed E-state index contributed by atoms with van der Waals surface area (Å²) in [5, 5.41) is 21.8. The smallest absolute Gasteiger partial charge is 0.407 e. The van der Waals surface area contributed by atoms with Gasteiger partial charge in [0.25, 0.3) is 0 Å². The average molecular weight is 491 g/mol. The van der Waals surface area contributed by atoms with Gasteiger partial charge in [-0.15, -0.1) is 0 Å². The van der Waals surface area contributed by atoms with Crippen molar-refractivity contribution in [3.8, 4) is 0 Å². The van der Waals surface area contributed by atoms with Crippen molar-refractivity contribution in [2.75, 3.05) is 13.1 Å². The molecule has 0 radical (unpaired) electrons. The van der Waals surface area contributed by atoms with Crippen LogP contribution in [0, 0.1) is 5.92 Å². The fourth-order valence-electron chi connectivity index (χ4n) is 3.74. The van der Waals surface area contributed by atoms with Crippen molar-refractivity contribution in [1.82, 2.24) is 9.21 Å². The largest absolute Gasteiger partial charge is 0.465 e. The Hall–Kier alpha value is -2.42. The summed E-state index contributed by atoms with van der Waals surface area (Å²) in [6.45, 7) is 8.86. The van der Waals surface area contributed by atoms with Crippen molar-refractivity contribution >= 4 is 16.1 Å². The van der Waals surface area contributed by atoms with E-state index in [9.17, 15) is 23.4 Å². The predicted molar refractivity (Wildman–Crippen MR) is 135 cm³/mol. The lowest BCUT2D eigenvalue weighted by Crippen LogP contribution is -2.59. The van der Waals surface area contributed by atoms with E-state index in [1.165, 1.54) is 9.21 Å². The SMILES string of the molecule is CC(C)CN(C(O)(CCN(Cc1ccccc1)C(=O)O)Cc1ccccc1)S(=O)(=O)C(C)(C)C. The van der Waals surface area contributed by atoms with Gasteiger partial charge in [0.15, 0.2) is 0 Å². The topological polar surface area (TPSA) is 98.2 Å². The molecule has 0 fully saturated rings. The number of rotatable bonds is 11. The lowest BCUT2D eigenvalue weighted by molar-refractivity contribution is -0.0761. The van der Waals surface area contributed by atoms with Gasteiger partial charge in [0, 0.05) is 32.5 Å². The molecule has 0 aliphatic rings. The van der Waals surface area contributed by atoms with Crippen molar-refractivity contribution < 1.29 is 23.4 Å². The second-order valence-corrected chi connectivity index (χ2v) is 12.7. The van der Waals surface area contributed by atoms with E-state index in [1.54, 1.807) is 20.8 Å². The molecule has 7 nitrogen and oxygen atoms in total. The summed E-state index contributed by atoms with van der Waals surface area (Å²) in [4.78, 5) is 13.2. The van der Waals surface area contributed by atoms with Gasteiger partial charge in [-0.05, 0) is 37.8 Å². The Bertz CT molecular complexity index is 1020. The number of nitrogens with zero attached hydrogens (tertiary/aromatic N) is 2. The number of sulfonamides is 1. The minimum absolute atomic E-state index is 0.0260. The summed E-state index contributed by atoms with van der Waals surface area (Å²) in [5.74, 6) is -0.0423. The van der Waals surface area contributed by atoms with E-state index in [0.717, 1.165) is 11.1 Å². The van der Waals surface area contributed by atoms with E-state index in [-0.39, 0.29) is 38.4 Å². The number of carbonyl (C=O) groups is 1. The van der Waals surface area contributed by atoms with Crippen molar-refractivity contribution in [2.24, 2.45) is 5.92 Å². The first-order chi connectivity index (χ1) is 15.8. The summed E-state index contributed by atoms with van der Waals surface area (Å²) in [5.41, 5.74) is -0.215. The highest BCUT2D eigenvalue weighted by Crippen LogP contribution is 2.32. The van der Waals surface area contributed by atoms with E-state index < -0.39 is 26.6 Å². The van der Waals surface area contributed by atoms with Crippen molar-refractivity contribution in [3.05, 3.63) is 71.8 Å². The highest BCUT2D eigenvalue weighted by molar-refractivity contribution is 7.90. The molecule has 2 rings (SSSR count). The first-order valence-electron chi connectivity index (χ1n) is 11.6. The summed E-state index contributed by atoms with van der Waals surface area (Å²) in [7, 11) is -3.92. The van der Waals surface area contributed by atoms with E-state index >= 15 is 0 Å². The molecule has 188 valence electrons. The Labute approximate surface area is 204 Å². The second-order valence-electron chi connectivity index (χ2n) is 10.1. The molecule has 0 aliphatic carbocycles. The molecule has 0 aliphatic heterocycles. The van der Waals surface area contributed by atoms with Gasteiger partial charge in [-0.3, -0.25) is 0 Å². The molecule has 0 saturated heterocycles. The molecule has 0 bridgehead atoms. The fourth-order valence-corrected chi connectivity index (χ4v) is 5.50. The Balaban J connectivity index is 2.45. The summed E-state index contributed by atoms with van der Waals surface area (Å²) >= 11 is 0. The standard InChI is InChI=1S/C26H38N2O5S/c1-21(2)19-28(34(32,33)25(3,4)5)26(31,18-22-12-8-6-9-13-22)16-17-27(24(29)30)20-23-14-10-7-11-15-23/h6-15,21,31H,16-20H2,1-5H3,(H,29,30). The zero-order valence-electron chi connectivity index (χ0n) is 20.8. The molecule has 2 aromatic carbocycles. The highest BCUT2D eigenvalue weighted by atomic mass is 32.2. The van der Waals surface area contributed by atoms with E-state index in [0.29, 0.717) is 0 Å². The molecule has 0 spiro atoms. The van der Waals surface area contributed by atoms with Crippen LogP contribution in [0.2, 0.25) is 0 Å².